The zero-order chi connectivity index (χ0) is 26.0. The van der Waals surface area contributed by atoms with E-state index in [1.807, 2.05) is 13.0 Å². The molecule has 2 aromatic carbocycles. The van der Waals surface area contributed by atoms with Gasteiger partial charge in [0.25, 0.3) is 0 Å². The zero-order valence-electron chi connectivity index (χ0n) is 21.6. The van der Waals surface area contributed by atoms with Crippen LogP contribution in [0.15, 0.2) is 90.2 Å². The first kappa shape index (κ1) is 25.5. The highest BCUT2D eigenvalue weighted by molar-refractivity contribution is 5.90. The molecule has 1 aliphatic rings. The van der Waals surface area contributed by atoms with Crippen molar-refractivity contribution in [3.8, 4) is 0 Å². The fourth-order valence-corrected chi connectivity index (χ4v) is 5.14. The van der Waals surface area contributed by atoms with Gasteiger partial charge in [-0.15, -0.1) is 0 Å². The van der Waals surface area contributed by atoms with Crippen LogP contribution in [0.5, 0.6) is 0 Å². The van der Waals surface area contributed by atoms with Gasteiger partial charge in [-0.3, -0.25) is 4.98 Å². The molecule has 1 aromatic heterocycles. The standard InChI is InChI=1S/C33H33F2N/c1-7-9-10-27-21(4)15-22(5)28(32(27)29-16-24(8-2)12-11-20(29)3)14-13-25-19-36-33-30(23(25)6)17-26(34)18-31(33)35/h7,9-12,16-19H,1,5,8,13-15H2,2-4,6H3/b10-9-. The predicted molar refractivity (Wildman–Crippen MR) is 148 cm³/mol. The van der Waals surface area contributed by atoms with Crippen LogP contribution in [-0.4, -0.2) is 4.98 Å². The molecule has 3 aromatic rings. The first-order valence-corrected chi connectivity index (χ1v) is 12.5. The van der Waals surface area contributed by atoms with E-state index in [2.05, 4.69) is 63.2 Å². The van der Waals surface area contributed by atoms with Crippen LogP contribution in [0, 0.1) is 25.5 Å². The second kappa shape index (κ2) is 10.6. The largest absolute Gasteiger partial charge is 0.253 e. The number of fused-ring (bicyclic) bond motifs is 1. The normalized spacial score (nSPS) is 14.4. The summed E-state index contributed by atoms with van der Waals surface area (Å²) in [5.74, 6) is -1.21. The molecule has 0 saturated heterocycles. The molecule has 1 nitrogen and oxygen atoms in total. The number of benzene rings is 2. The SMILES string of the molecule is C=C/C=C\C1=C(C)CC(=C)C(CCc2cnc3c(F)cc(F)cc3c2C)=C1c1cc(CC)ccc1C. The molecule has 0 aliphatic heterocycles. The number of halogens is 2. The van der Waals surface area contributed by atoms with Crippen LogP contribution in [0.25, 0.3) is 16.5 Å². The third-order valence-corrected chi connectivity index (χ3v) is 7.22. The zero-order valence-corrected chi connectivity index (χ0v) is 21.6. The lowest BCUT2D eigenvalue weighted by atomic mass is 9.77. The Kier molecular flexibility index (Phi) is 7.49. The molecular formula is C33H33F2N. The number of aryl methyl sites for hydroxylation is 4. The van der Waals surface area contributed by atoms with Crippen molar-refractivity contribution in [2.24, 2.45) is 0 Å². The predicted octanol–water partition coefficient (Wildman–Crippen LogP) is 9.10. The Morgan fingerprint density at radius 2 is 1.83 bits per heavy atom. The molecule has 3 heteroatoms. The summed E-state index contributed by atoms with van der Waals surface area (Å²) in [6.07, 6.45) is 10.9. The maximum atomic E-state index is 14.3. The number of pyridine rings is 1. The van der Waals surface area contributed by atoms with Gasteiger partial charge in [0, 0.05) is 17.6 Å². The molecule has 184 valence electrons. The number of hydrogen-bond donors (Lipinski definition) is 0. The van der Waals surface area contributed by atoms with Gasteiger partial charge in [-0.2, -0.15) is 0 Å². The van der Waals surface area contributed by atoms with Gasteiger partial charge in [0.2, 0.25) is 0 Å². The van der Waals surface area contributed by atoms with E-state index in [1.54, 1.807) is 12.3 Å². The van der Waals surface area contributed by atoms with Crippen molar-refractivity contribution in [3.63, 3.8) is 0 Å². The summed E-state index contributed by atoms with van der Waals surface area (Å²) in [6, 6.07) is 8.94. The van der Waals surface area contributed by atoms with E-state index in [4.69, 9.17) is 0 Å². The molecule has 4 rings (SSSR count). The maximum Gasteiger partial charge on any atom is 0.152 e. The first-order chi connectivity index (χ1) is 17.2. The monoisotopic (exact) mass is 481 g/mol. The summed E-state index contributed by atoms with van der Waals surface area (Å²) in [6.45, 7) is 16.7. The Balaban J connectivity index is 1.85. The average Bonchev–Trinajstić information content (AvgIpc) is 2.84. The summed E-state index contributed by atoms with van der Waals surface area (Å²) in [5.41, 5.74) is 11.9. The fraction of sp³-hybridized carbons (Fsp3) is 0.242. The molecule has 0 amide bonds. The van der Waals surface area contributed by atoms with Crippen molar-refractivity contribution < 1.29 is 8.78 Å². The topological polar surface area (TPSA) is 12.9 Å². The fourth-order valence-electron chi connectivity index (χ4n) is 5.14. The van der Waals surface area contributed by atoms with Gasteiger partial charge in [-0.05, 0) is 103 Å². The van der Waals surface area contributed by atoms with Gasteiger partial charge in [0.1, 0.15) is 11.3 Å². The smallest absolute Gasteiger partial charge is 0.152 e. The number of hydrogen-bond acceptors (Lipinski definition) is 1. The van der Waals surface area contributed by atoms with E-state index in [-0.39, 0.29) is 5.52 Å². The summed E-state index contributed by atoms with van der Waals surface area (Å²) in [4.78, 5) is 4.34. The van der Waals surface area contributed by atoms with E-state index in [1.165, 1.54) is 45.0 Å². The first-order valence-electron chi connectivity index (χ1n) is 12.5. The molecule has 0 unspecified atom stereocenters. The quantitative estimate of drug-likeness (QED) is 0.307. The molecule has 0 atom stereocenters. The molecule has 1 heterocycles. The molecule has 0 fully saturated rings. The van der Waals surface area contributed by atoms with E-state index < -0.39 is 11.6 Å². The average molecular weight is 482 g/mol. The highest BCUT2D eigenvalue weighted by atomic mass is 19.1. The lowest BCUT2D eigenvalue weighted by Crippen LogP contribution is -2.09. The van der Waals surface area contributed by atoms with Crippen molar-refractivity contribution >= 4 is 16.5 Å². The van der Waals surface area contributed by atoms with Gasteiger partial charge in [-0.1, -0.05) is 62.1 Å². The lowest BCUT2D eigenvalue weighted by Gasteiger charge is -2.28. The van der Waals surface area contributed by atoms with Gasteiger partial charge in [0.15, 0.2) is 5.82 Å². The number of rotatable bonds is 7. The number of nitrogens with zero attached hydrogens (tertiary/aromatic N) is 1. The van der Waals surface area contributed by atoms with Crippen molar-refractivity contribution in [1.29, 1.82) is 0 Å². The van der Waals surface area contributed by atoms with Gasteiger partial charge < -0.3 is 0 Å². The molecule has 0 bridgehead atoms. The minimum atomic E-state index is -0.629. The van der Waals surface area contributed by atoms with Crippen molar-refractivity contribution in [2.45, 2.75) is 53.4 Å². The number of aromatic nitrogens is 1. The Morgan fingerprint density at radius 1 is 1.06 bits per heavy atom. The minimum Gasteiger partial charge on any atom is -0.253 e. The summed E-state index contributed by atoms with van der Waals surface area (Å²) >= 11 is 0. The van der Waals surface area contributed by atoms with E-state index >= 15 is 0 Å². The van der Waals surface area contributed by atoms with Crippen LogP contribution in [0.3, 0.4) is 0 Å². The van der Waals surface area contributed by atoms with Gasteiger partial charge >= 0.3 is 0 Å². The summed E-state index contributed by atoms with van der Waals surface area (Å²) in [7, 11) is 0. The van der Waals surface area contributed by atoms with Crippen molar-refractivity contribution in [3.05, 3.63) is 130 Å². The highest BCUT2D eigenvalue weighted by Crippen LogP contribution is 2.43. The Labute approximate surface area is 213 Å². The van der Waals surface area contributed by atoms with Crippen LogP contribution >= 0.6 is 0 Å². The van der Waals surface area contributed by atoms with Crippen LogP contribution in [0.4, 0.5) is 8.78 Å². The van der Waals surface area contributed by atoms with Crippen LogP contribution in [0.2, 0.25) is 0 Å². The Bertz CT molecular complexity index is 1470. The van der Waals surface area contributed by atoms with E-state index in [9.17, 15) is 8.78 Å². The van der Waals surface area contributed by atoms with Gasteiger partial charge in [-0.25, -0.2) is 8.78 Å². The van der Waals surface area contributed by atoms with Gasteiger partial charge in [0.05, 0.1) is 0 Å². The summed E-state index contributed by atoms with van der Waals surface area (Å²) < 4.78 is 28.2. The molecular weight excluding hydrogens is 448 g/mol. The Hall–Kier alpha value is -3.59. The third-order valence-electron chi connectivity index (χ3n) is 7.22. The molecule has 0 radical (unpaired) electrons. The van der Waals surface area contributed by atoms with Crippen LogP contribution < -0.4 is 0 Å². The van der Waals surface area contributed by atoms with Crippen molar-refractivity contribution in [2.75, 3.05) is 0 Å². The lowest BCUT2D eigenvalue weighted by molar-refractivity contribution is 0.590. The molecule has 36 heavy (non-hydrogen) atoms. The van der Waals surface area contributed by atoms with E-state index in [0.29, 0.717) is 11.8 Å². The second-order valence-corrected chi connectivity index (χ2v) is 9.62. The second-order valence-electron chi connectivity index (χ2n) is 9.62. The minimum absolute atomic E-state index is 0.210. The molecule has 0 spiro atoms. The highest BCUT2D eigenvalue weighted by Gasteiger charge is 2.24. The molecule has 0 N–H and O–H groups in total. The van der Waals surface area contributed by atoms with E-state index in [0.717, 1.165) is 42.0 Å². The molecule has 1 aliphatic carbocycles. The maximum absolute atomic E-state index is 14.3. The van der Waals surface area contributed by atoms with Crippen LogP contribution in [-0.2, 0) is 12.8 Å². The van der Waals surface area contributed by atoms with Crippen LogP contribution in [0.1, 0.15) is 54.5 Å². The number of allylic oxidation sites excluding steroid dienone is 8. The molecule has 0 saturated carbocycles. The Morgan fingerprint density at radius 3 is 2.56 bits per heavy atom. The summed E-state index contributed by atoms with van der Waals surface area (Å²) in [5, 5.41) is 0.526. The third kappa shape index (κ3) is 4.88. The van der Waals surface area contributed by atoms with Crippen molar-refractivity contribution in [1.82, 2.24) is 4.98 Å².